The molecule has 1 N–H and O–H groups in total. The first-order chi connectivity index (χ1) is 15.5. The van der Waals surface area contributed by atoms with Gasteiger partial charge in [0.1, 0.15) is 28.1 Å². The molecular formula is C22H22N4O5S. The third-order valence-corrected chi connectivity index (χ3v) is 6.04. The Balaban J connectivity index is 1.52. The van der Waals surface area contributed by atoms with Crippen molar-refractivity contribution in [1.29, 1.82) is 0 Å². The van der Waals surface area contributed by atoms with Crippen molar-refractivity contribution in [2.75, 3.05) is 26.1 Å². The number of benzene rings is 1. The van der Waals surface area contributed by atoms with Crippen LogP contribution in [0.1, 0.15) is 39.8 Å². The summed E-state index contributed by atoms with van der Waals surface area (Å²) in [7, 11) is 3.30. The molecule has 1 aromatic carbocycles. The number of aromatic nitrogens is 1. The van der Waals surface area contributed by atoms with Gasteiger partial charge < -0.3 is 19.2 Å². The van der Waals surface area contributed by atoms with Gasteiger partial charge in [0.25, 0.3) is 5.91 Å². The van der Waals surface area contributed by atoms with E-state index in [4.69, 9.17) is 13.9 Å². The van der Waals surface area contributed by atoms with Crippen molar-refractivity contribution in [2.45, 2.75) is 19.4 Å². The quantitative estimate of drug-likeness (QED) is 0.543. The number of anilines is 1. The Labute approximate surface area is 188 Å². The third-order valence-electron chi connectivity index (χ3n) is 5.08. The Bertz CT molecular complexity index is 1140. The molecule has 4 rings (SSSR count). The summed E-state index contributed by atoms with van der Waals surface area (Å²) in [6.07, 6.45) is 2.02. The molecule has 3 heterocycles. The highest BCUT2D eigenvalue weighted by molar-refractivity contribution is 7.10. The van der Waals surface area contributed by atoms with Crippen LogP contribution in [-0.2, 0) is 9.53 Å². The number of hydrogen-bond donors (Lipinski definition) is 1. The van der Waals surface area contributed by atoms with E-state index >= 15 is 0 Å². The molecule has 0 radical (unpaired) electrons. The maximum Gasteiger partial charge on any atom is 0.343 e. The SMILES string of the molecule is CNc1snc(C)c1C(=O)OCC(=O)N1N=C(c2ccc(OC)cc2)CC1c1ccco1. The van der Waals surface area contributed by atoms with E-state index in [-0.39, 0.29) is 0 Å². The van der Waals surface area contributed by atoms with Gasteiger partial charge in [-0.25, -0.2) is 9.80 Å². The minimum atomic E-state index is -0.609. The Kier molecular flexibility index (Phi) is 6.22. The van der Waals surface area contributed by atoms with Gasteiger partial charge in [0.15, 0.2) is 6.61 Å². The second-order valence-corrected chi connectivity index (χ2v) is 7.82. The van der Waals surface area contributed by atoms with E-state index in [2.05, 4.69) is 14.8 Å². The number of ether oxygens (including phenoxy) is 2. The minimum Gasteiger partial charge on any atom is -0.497 e. The molecule has 32 heavy (non-hydrogen) atoms. The van der Waals surface area contributed by atoms with E-state index in [0.717, 1.165) is 28.6 Å². The molecule has 1 aliphatic heterocycles. The molecule has 166 valence electrons. The summed E-state index contributed by atoms with van der Waals surface area (Å²) in [5.74, 6) is 0.276. The van der Waals surface area contributed by atoms with Gasteiger partial charge in [0, 0.05) is 13.5 Å². The molecule has 2 aromatic heterocycles. The van der Waals surface area contributed by atoms with E-state index in [1.165, 1.54) is 5.01 Å². The van der Waals surface area contributed by atoms with Crippen molar-refractivity contribution < 1.29 is 23.5 Å². The summed E-state index contributed by atoms with van der Waals surface area (Å²) >= 11 is 1.16. The zero-order valence-electron chi connectivity index (χ0n) is 17.8. The lowest BCUT2D eigenvalue weighted by Crippen LogP contribution is -2.31. The summed E-state index contributed by atoms with van der Waals surface area (Å²) in [4.78, 5) is 25.5. The van der Waals surface area contributed by atoms with Gasteiger partial charge in [-0.15, -0.1) is 0 Å². The highest BCUT2D eigenvalue weighted by Gasteiger charge is 2.35. The Hall–Kier alpha value is -3.66. The Morgan fingerprint density at radius 2 is 2.06 bits per heavy atom. The van der Waals surface area contributed by atoms with Crippen LogP contribution in [0.15, 0.2) is 52.2 Å². The summed E-state index contributed by atoms with van der Waals surface area (Å²) in [5, 5.41) is 9.36. The van der Waals surface area contributed by atoms with Crippen LogP contribution < -0.4 is 10.1 Å². The summed E-state index contributed by atoms with van der Waals surface area (Å²) < 4.78 is 20.2. The number of furan rings is 1. The van der Waals surface area contributed by atoms with Gasteiger partial charge in [0.05, 0.1) is 24.8 Å². The maximum atomic E-state index is 13.0. The first-order valence-electron chi connectivity index (χ1n) is 9.90. The highest BCUT2D eigenvalue weighted by Crippen LogP contribution is 2.33. The largest absolute Gasteiger partial charge is 0.497 e. The van der Waals surface area contributed by atoms with E-state index in [9.17, 15) is 9.59 Å². The van der Waals surface area contributed by atoms with E-state index < -0.39 is 24.5 Å². The van der Waals surface area contributed by atoms with Crippen molar-refractivity contribution in [3.8, 4) is 5.75 Å². The zero-order chi connectivity index (χ0) is 22.7. The lowest BCUT2D eigenvalue weighted by atomic mass is 10.0. The molecule has 1 amide bonds. The second kappa shape index (κ2) is 9.23. The number of nitrogens with zero attached hydrogens (tertiary/aromatic N) is 3. The summed E-state index contributed by atoms with van der Waals surface area (Å²) in [5.41, 5.74) is 2.47. The molecular weight excluding hydrogens is 432 g/mol. The van der Waals surface area contributed by atoms with Gasteiger partial charge in [0.2, 0.25) is 0 Å². The number of carbonyl (C=O) groups is 2. The van der Waals surface area contributed by atoms with Gasteiger partial charge in [-0.3, -0.25) is 4.79 Å². The van der Waals surface area contributed by atoms with Crippen LogP contribution in [0.5, 0.6) is 5.75 Å². The van der Waals surface area contributed by atoms with Crippen LogP contribution >= 0.6 is 11.5 Å². The van der Waals surface area contributed by atoms with Crippen molar-refractivity contribution in [1.82, 2.24) is 9.38 Å². The first kappa shape index (κ1) is 21.6. The minimum absolute atomic E-state index is 0.330. The number of amides is 1. The smallest absolute Gasteiger partial charge is 0.343 e. The Morgan fingerprint density at radius 3 is 2.72 bits per heavy atom. The fourth-order valence-corrected chi connectivity index (χ4v) is 4.18. The number of aryl methyl sites for hydroxylation is 1. The zero-order valence-corrected chi connectivity index (χ0v) is 18.6. The fourth-order valence-electron chi connectivity index (χ4n) is 3.45. The Morgan fingerprint density at radius 1 is 1.28 bits per heavy atom. The fraction of sp³-hybridized carbons (Fsp3) is 0.273. The lowest BCUT2D eigenvalue weighted by Gasteiger charge is -2.19. The molecule has 1 atom stereocenters. The van der Waals surface area contributed by atoms with Gasteiger partial charge >= 0.3 is 5.97 Å². The number of hydrogen-bond acceptors (Lipinski definition) is 9. The standard InChI is InChI=1S/C22H22N4O5S/c1-13-20(21(23-2)32-25-13)22(28)31-12-19(27)26-17(18-5-4-10-30-18)11-16(24-26)14-6-8-15(29-3)9-7-14/h4-10,17,23H,11-12H2,1-3H3. The highest BCUT2D eigenvalue weighted by atomic mass is 32.1. The molecule has 0 fully saturated rings. The normalized spacial score (nSPS) is 15.4. The van der Waals surface area contributed by atoms with Crippen LogP contribution in [0, 0.1) is 6.92 Å². The molecule has 0 spiro atoms. The van der Waals surface area contributed by atoms with Gasteiger partial charge in [-0.1, -0.05) is 0 Å². The van der Waals surface area contributed by atoms with Crippen LogP contribution in [0.2, 0.25) is 0 Å². The van der Waals surface area contributed by atoms with Crippen LogP contribution in [0.25, 0.3) is 0 Å². The number of carbonyl (C=O) groups excluding carboxylic acids is 2. The average Bonchev–Trinajstić information content (AvgIpc) is 3.56. The van der Waals surface area contributed by atoms with Crippen molar-refractivity contribution in [2.24, 2.45) is 5.10 Å². The van der Waals surface area contributed by atoms with E-state index in [1.807, 2.05) is 24.3 Å². The molecule has 1 unspecified atom stereocenters. The number of methoxy groups -OCH3 is 1. The molecule has 0 saturated carbocycles. The molecule has 3 aromatic rings. The average molecular weight is 455 g/mol. The van der Waals surface area contributed by atoms with E-state index in [0.29, 0.717) is 28.4 Å². The van der Waals surface area contributed by atoms with E-state index in [1.54, 1.807) is 39.5 Å². The van der Waals surface area contributed by atoms with Gasteiger partial charge in [-0.05, 0) is 60.4 Å². The molecule has 0 saturated heterocycles. The first-order valence-corrected chi connectivity index (χ1v) is 10.7. The van der Waals surface area contributed by atoms with Crippen molar-refractivity contribution in [3.05, 3.63) is 65.2 Å². The van der Waals surface area contributed by atoms with Crippen LogP contribution in [0.3, 0.4) is 0 Å². The predicted octanol–water partition coefficient (Wildman–Crippen LogP) is 3.63. The monoisotopic (exact) mass is 454 g/mol. The topological polar surface area (TPSA) is 106 Å². The molecule has 0 bridgehead atoms. The molecule has 1 aliphatic rings. The molecule has 10 heteroatoms. The van der Waals surface area contributed by atoms with Gasteiger partial charge in [-0.2, -0.15) is 9.47 Å². The maximum absolute atomic E-state index is 13.0. The predicted molar refractivity (Wildman–Crippen MR) is 119 cm³/mol. The van der Waals surface area contributed by atoms with Crippen LogP contribution in [0.4, 0.5) is 5.00 Å². The molecule has 0 aliphatic carbocycles. The second-order valence-electron chi connectivity index (χ2n) is 7.05. The molecule has 9 nitrogen and oxygen atoms in total. The van der Waals surface area contributed by atoms with Crippen LogP contribution in [-0.4, -0.2) is 47.7 Å². The summed E-state index contributed by atoms with van der Waals surface area (Å²) in [6, 6.07) is 10.6. The number of rotatable bonds is 7. The lowest BCUT2D eigenvalue weighted by molar-refractivity contribution is -0.136. The third kappa shape index (κ3) is 4.22. The van der Waals surface area contributed by atoms with Crippen molar-refractivity contribution in [3.63, 3.8) is 0 Å². The number of nitrogens with one attached hydrogen (secondary N) is 1. The summed E-state index contributed by atoms with van der Waals surface area (Å²) in [6.45, 7) is 1.27. The van der Waals surface area contributed by atoms with Crippen molar-refractivity contribution >= 4 is 34.1 Å². The number of hydrazone groups is 1. The number of esters is 1.